The van der Waals surface area contributed by atoms with E-state index >= 15 is 0 Å². The van der Waals surface area contributed by atoms with Gasteiger partial charge in [-0.15, -0.1) is 0 Å². The van der Waals surface area contributed by atoms with Crippen LogP contribution in [0.5, 0.6) is 0 Å². The van der Waals surface area contributed by atoms with E-state index in [1.807, 2.05) is 0 Å². The molecule has 1 atom stereocenters. The summed E-state index contributed by atoms with van der Waals surface area (Å²) >= 11 is 0. The van der Waals surface area contributed by atoms with Gasteiger partial charge in [0.15, 0.2) is 0 Å². The van der Waals surface area contributed by atoms with Crippen LogP contribution in [-0.2, 0) is 4.74 Å². The highest BCUT2D eigenvalue weighted by atomic mass is 16.5. The van der Waals surface area contributed by atoms with E-state index in [2.05, 4.69) is 0 Å². The summed E-state index contributed by atoms with van der Waals surface area (Å²) in [5.41, 5.74) is 5.75. The Morgan fingerprint density at radius 1 is 1.42 bits per heavy atom. The molecule has 0 amide bonds. The van der Waals surface area contributed by atoms with E-state index in [1.165, 1.54) is 0 Å². The summed E-state index contributed by atoms with van der Waals surface area (Å²) in [7, 11) is 0. The second-order valence-corrected chi connectivity index (χ2v) is 3.72. The van der Waals surface area contributed by atoms with Crippen LogP contribution in [0.25, 0.3) is 0 Å². The number of aliphatic hydroxyl groups excluding tert-OH is 1. The molecule has 3 nitrogen and oxygen atoms in total. The molecule has 0 aliphatic heterocycles. The van der Waals surface area contributed by atoms with Crippen molar-refractivity contribution in [3.8, 4) is 0 Å². The van der Waals surface area contributed by atoms with Gasteiger partial charge < -0.3 is 15.6 Å². The summed E-state index contributed by atoms with van der Waals surface area (Å²) in [6.07, 6.45) is 4.21. The van der Waals surface area contributed by atoms with Gasteiger partial charge in [-0.25, -0.2) is 0 Å². The Morgan fingerprint density at radius 3 is 2.50 bits per heavy atom. The fourth-order valence-electron chi connectivity index (χ4n) is 1.53. The lowest BCUT2D eigenvalue weighted by Crippen LogP contribution is -2.31. The van der Waals surface area contributed by atoms with Gasteiger partial charge in [0.1, 0.15) is 0 Å². The highest BCUT2D eigenvalue weighted by molar-refractivity contribution is 4.74. The van der Waals surface area contributed by atoms with Crippen molar-refractivity contribution in [2.24, 2.45) is 5.73 Å². The predicted molar refractivity (Wildman–Crippen MR) is 47.9 cm³/mol. The first-order chi connectivity index (χ1) is 5.68. The van der Waals surface area contributed by atoms with Gasteiger partial charge >= 0.3 is 0 Å². The summed E-state index contributed by atoms with van der Waals surface area (Å²) in [6, 6.07) is 0.372. The van der Waals surface area contributed by atoms with Crippen molar-refractivity contribution in [2.45, 2.75) is 50.9 Å². The normalized spacial score (nSPS) is 33.2. The average molecular weight is 173 g/mol. The molecule has 72 valence electrons. The van der Waals surface area contributed by atoms with Gasteiger partial charge in [-0.1, -0.05) is 0 Å². The number of rotatable bonds is 3. The third-order valence-corrected chi connectivity index (χ3v) is 2.29. The quantitative estimate of drug-likeness (QED) is 0.659. The van der Waals surface area contributed by atoms with Crippen LogP contribution in [0.2, 0.25) is 0 Å². The summed E-state index contributed by atoms with van der Waals surface area (Å²) < 4.78 is 5.49. The number of hydrogen-bond donors (Lipinski definition) is 2. The molecule has 0 radical (unpaired) electrons. The molecule has 1 saturated carbocycles. The van der Waals surface area contributed by atoms with Crippen molar-refractivity contribution < 1.29 is 9.84 Å². The van der Waals surface area contributed by atoms with Crippen LogP contribution in [-0.4, -0.2) is 30.0 Å². The van der Waals surface area contributed by atoms with E-state index in [-0.39, 0.29) is 6.10 Å². The lowest BCUT2D eigenvalue weighted by molar-refractivity contribution is -0.0198. The molecule has 1 aliphatic rings. The number of ether oxygens (including phenoxy) is 1. The van der Waals surface area contributed by atoms with Gasteiger partial charge in [0.2, 0.25) is 0 Å². The summed E-state index contributed by atoms with van der Waals surface area (Å²) in [5, 5.41) is 8.99. The Hall–Kier alpha value is -0.120. The molecule has 0 aromatic rings. The van der Waals surface area contributed by atoms with Gasteiger partial charge in [-0.05, 0) is 32.6 Å². The van der Waals surface area contributed by atoms with Gasteiger partial charge in [0, 0.05) is 6.04 Å². The second-order valence-electron chi connectivity index (χ2n) is 3.72. The van der Waals surface area contributed by atoms with Crippen LogP contribution >= 0.6 is 0 Å². The largest absolute Gasteiger partial charge is 0.391 e. The Labute approximate surface area is 73.9 Å². The molecule has 3 N–H and O–H groups in total. The minimum atomic E-state index is -0.347. The molecule has 1 aliphatic carbocycles. The maximum atomic E-state index is 8.99. The van der Waals surface area contributed by atoms with E-state index in [0.29, 0.717) is 18.8 Å². The zero-order valence-electron chi connectivity index (χ0n) is 7.70. The molecule has 1 unspecified atom stereocenters. The Bertz CT molecular complexity index is 120. The van der Waals surface area contributed by atoms with E-state index in [1.54, 1.807) is 6.92 Å². The first kappa shape index (κ1) is 9.96. The number of aliphatic hydroxyl groups is 1. The maximum Gasteiger partial charge on any atom is 0.0745 e. The van der Waals surface area contributed by atoms with Crippen molar-refractivity contribution in [1.82, 2.24) is 0 Å². The summed E-state index contributed by atoms with van der Waals surface area (Å²) in [5.74, 6) is 0. The molecule has 0 bridgehead atoms. The fraction of sp³-hybridized carbons (Fsp3) is 1.00. The van der Waals surface area contributed by atoms with Crippen LogP contribution in [0, 0.1) is 0 Å². The van der Waals surface area contributed by atoms with E-state index in [9.17, 15) is 0 Å². The van der Waals surface area contributed by atoms with Crippen molar-refractivity contribution in [3.05, 3.63) is 0 Å². The third kappa shape index (κ3) is 3.52. The fourth-order valence-corrected chi connectivity index (χ4v) is 1.53. The molecule has 1 fully saturated rings. The van der Waals surface area contributed by atoms with Gasteiger partial charge in [0.25, 0.3) is 0 Å². The standard InChI is InChI=1S/C9H19NO2/c1-7(11)6-12-9-4-2-8(10)3-5-9/h7-9,11H,2-6,10H2,1H3/t7?,8-,9-. The third-order valence-electron chi connectivity index (χ3n) is 2.29. The van der Waals surface area contributed by atoms with Gasteiger partial charge in [-0.2, -0.15) is 0 Å². The molecule has 0 saturated heterocycles. The number of hydrogen-bond acceptors (Lipinski definition) is 3. The molecular weight excluding hydrogens is 154 g/mol. The van der Waals surface area contributed by atoms with Crippen LogP contribution < -0.4 is 5.73 Å². The second kappa shape index (κ2) is 4.80. The first-order valence-electron chi connectivity index (χ1n) is 4.73. The molecule has 0 spiro atoms. The minimum Gasteiger partial charge on any atom is -0.391 e. The van der Waals surface area contributed by atoms with Crippen LogP contribution in [0.1, 0.15) is 32.6 Å². The predicted octanol–water partition coefficient (Wildman–Crippen LogP) is 0.654. The van der Waals surface area contributed by atoms with Crippen LogP contribution in [0.4, 0.5) is 0 Å². The molecular formula is C9H19NO2. The minimum absolute atomic E-state index is 0.333. The molecule has 1 rings (SSSR count). The van der Waals surface area contributed by atoms with Crippen molar-refractivity contribution in [3.63, 3.8) is 0 Å². The van der Waals surface area contributed by atoms with Crippen molar-refractivity contribution in [1.29, 1.82) is 0 Å². The van der Waals surface area contributed by atoms with Gasteiger partial charge in [-0.3, -0.25) is 0 Å². The molecule has 0 aromatic heterocycles. The van der Waals surface area contributed by atoms with E-state index in [4.69, 9.17) is 15.6 Å². The summed E-state index contributed by atoms with van der Waals surface area (Å²) in [4.78, 5) is 0. The highest BCUT2D eigenvalue weighted by Crippen LogP contribution is 2.19. The van der Waals surface area contributed by atoms with E-state index in [0.717, 1.165) is 25.7 Å². The average Bonchev–Trinajstić information content (AvgIpc) is 2.03. The topological polar surface area (TPSA) is 55.5 Å². The highest BCUT2D eigenvalue weighted by Gasteiger charge is 2.18. The lowest BCUT2D eigenvalue weighted by Gasteiger charge is -2.26. The molecule has 12 heavy (non-hydrogen) atoms. The zero-order chi connectivity index (χ0) is 8.97. The summed E-state index contributed by atoms with van der Waals surface area (Å²) in [6.45, 7) is 2.20. The SMILES string of the molecule is CC(O)CO[C@H]1CC[C@H](N)CC1. The van der Waals surface area contributed by atoms with E-state index < -0.39 is 0 Å². The van der Waals surface area contributed by atoms with Crippen molar-refractivity contribution >= 4 is 0 Å². The Kier molecular flexibility index (Phi) is 3.98. The smallest absolute Gasteiger partial charge is 0.0745 e. The molecule has 3 heteroatoms. The monoisotopic (exact) mass is 173 g/mol. The van der Waals surface area contributed by atoms with Gasteiger partial charge in [0.05, 0.1) is 18.8 Å². The lowest BCUT2D eigenvalue weighted by atomic mass is 9.94. The number of nitrogens with two attached hydrogens (primary N) is 1. The molecule has 0 heterocycles. The Morgan fingerprint density at radius 2 is 2.00 bits per heavy atom. The zero-order valence-corrected chi connectivity index (χ0v) is 7.70. The maximum absolute atomic E-state index is 8.99. The first-order valence-corrected chi connectivity index (χ1v) is 4.73. The Balaban J connectivity index is 2.09. The van der Waals surface area contributed by atoms with Crippen LogP contribution in [0.3, 0.4) is 0 Å². The van der Waals surface area contributed by atoms with Crippen LogP contribution in [0.15, 0.2) is 0 Å². The molecule has 0 aromatic carbocycles. The van der Waals surface area contributed by atoms with Crippen molar-refractivity contribution in [2.75, 3.05) is 6.61 Å².